The van der Waals surface area contributed by atoms with Crippen molar-refractivity contribution < 1.29 is 9.21 Å². The summed E-state index contributed by atoms with van der Waals surface area (Å²) in [7, 11) is 0. The van der Waals surface area contributed by atoms with Crippen LogP contribution in [0.15, 0.2) is 27.4 Å². The summed E-state index contributed by atoms with van der Waals surface area (Å²) in [6, 6.07) is 2.07. The van der Waals surface area contributed by atoms with Crippen LogP contribution in [-0.4, -0.2) is 41.5 Å². The number of carbonyl (C=O) groups is 1. The number of nitrogens with zero attached hydrogens (tertiary/aromatic N) is 2. The van der Waals surface area contributed by atoms with Crippen LogP contribution in [0.2, 0.25) is 0 Å². The van der Waals surface area contributed by atoms with Gasteiger partial charge >= 0.3 is 0 Å². The Labute approximate surface area is 130 Å². The Morgan fingerprint density at radius 1 is 1.43 bits per heavy atom. The van der Waals surface area contributed by atoms with Gasteiger partial charge in [0.15, 0.2) is 11.3 Å². The maximum Gasteiger partial charge on any atom is 0.274 e. The zero-order chi connectivity index (χ0) is 14.4. The summed E-state index contributed by atoms with van der Waals surface area (Å²) in [4.78, 5) is 19.2. The molecule has 1 N–H and O–H groups in total. The molecule has 6 heteroatoms. The highest BCUT2D eigenvalue weighted by Gasteiger charge is 2.35. The number of nitrogens with one attached hydrogen (secondary N) is 1. The highest BCUT2D eigenvalue weighted by molar-refractivity contribution is 9.10. The first-order chi connectivity index (χ1) is 10.2. The van der Waals surface area contributed by atoms with E-state index in [-0.39, 0.29) is 11.9 Å². The van der Waals surface area contributed by atoms with Crippen molar-refractivity contribution in [2.45, 2.75) is 18.9 Å². The molecule has 0 unspecified atom stereocenters. The molecule has 1 atom stereocenters. The average Bonchev–Trinajstić information content (AvgIpc) is 2.90. The van der Waals surface area contributed by atoms with Crippen molar-refractivity contribution in [3.8, 4) is 0 Å². The van der Waals surface area contributed by atoms with Gasteiger partial charge in [-0.25, -0.2) is 4.98 Å². The molecule has 3 aliphatic rings. The molecule has 0 spiro atoms. The number of hydrogen-bond acceptors (Lipinski definition) is 4. The molecule has 3 aliphatic heterocycles. The summed E-state index contributed by atoms with van der Waals surface area (Å²) in [6.45, 7) is 3.28. The predicted molar refractivity (Wildman–Crippen MR) is 82.1 cm³/mol. The largest absolute Gasteiger partial charge is 0.461 e. The third kappa shape index (κ3) is 2.26. The second-order valence-corrected chi connectivity index (χ2v) is 6.69. The highest BCUT2D eigenvalue weighted by atomic mass is 79.9. The molecule has 2 aromatic heterocycles. The molecule has 110 valence electrons. The number of amides is 1. The van der Waals surface area contributed by atoms with Gasteiger partial charge in [-0.15, -0.1) is 0 Å². The molecule has 0 aliphatic carbocycles. The lowest BCUT2D eigenvalue weighted by Crippen LogP contribution is -2.57. The van der Waals surface area contributed by atoms with Crippen LogP contribution in [0.3, 0.4) is 0 Å². The molecule has 21 heavy (non-hydrogen) atoms. The van der Waals surface area contributed by atoms with Gasteiger partial charge in [-0.05, 0) is 53.8 Å². The molecule has 5 nitrogen and oxygen atoms in total. The van der Waals surface area contributed by atoms with Gasteiger partial charge in [0.25, 0.3) is 5.91 Å². The van der Waals surface area contributed by atoms with Gasteiger partial charge in [-0.3, -0.25) is 4.79 Å². The Morgan fingerprint density at radius 2 is 2.24 bits per heavy atom. The minimum Gasteiger partial charge on any atom is -0.461 e. The van der Waals surface area contributed by atoms with Crippen molar-refractivity contribution in [2.75, 3.05) is 19.6 Å². The Balaban J connectivity index is 1.59. The molecule has 0 radical (unpaired) electrons. The number of halogens is 1. The summed E-state index contributed by atoms with van der Waals surface area (Å²) in [5.41, 5.74) is 0.915. The fourth-order valence-electron chi connectivity index (χ4n) is 3.46. The first-order valence-corrected chi connectivity index (χ1v) is 8.06. The van der Waals surface area contributed by atoms with E-state index in [1.165, 1.54) is 12.8 Å². The summed E-state index contributed by atoms with van der Waals surface area (Å²) in [5.74, 6) is 0.461. The van der Waals surface area contributed by atoms with Crippen molar-refractivity contribution in [3.63, 3.8) is 0 Å². The smallest absolute Gasteiger partial charge is 0.274 e. The van der Waals surface area contributed by atoms with Gasteiger partial charge < -0.3 is 14.6 Å². The van der Waals surface area contributed by atoms with E-state index in [9.17, 15) is 4.79 Å². The molecule has 2 aromatic rings. The lowest BCUT2D eigenvalue weighted by molar-refractivity contribution is 0.0618. The minimum atomic E-state index is -0.138. The number of furan rings is 1. The lowest BCUT2D eigenvalue weighted by Gasteiger charge is -2.44. The van der Waals surface area contributed by atoms with Gasteiger partial charge in [0.1, 0.15) is 6.26 Å². The zero-order valence-corrected chi connectivity index (χ0v) is 13.1. The predicted octanol–water partition coefficient (Wildman–Crippen LogP) is 2.41. The molecule has 0 aromatic carbocycles. The van der Waals surface area contributed by atoms with Crippen LogP contribution in [0.4, 0.5) is 0 Å². The number of piperidine rings is 3. The Kier molecular flexibility index (Phi) is 3.23. The molecule has 3 saturated heterocycles. The fraction of sp³-hybridized carbons (Fsp3) is 0.467. The van der Waals surface area contributed by atoms with Crippen molar-refractivity contribution in [1.29, 1.82) is 0 Å². The quantitative estimate of drug-likeness (QED) is 0.904. The SMILES string of the molecule is O=C(N[C@@H]1CN2CCC1CC2)c1nccc2c(Br)coc12. The number of aromatic nitrogens is 1. The second-order valence-electron chi connectivity index (χ2n) is 5.84. The second kappa shape index (κ2) is 5.10. The molecular formula is C15H16BrN3O2. The van der Waals surface area contributed by atoms with Crippen molar-refractivity contribution >= 4 is 32.8 Å². The number of pyridine rings is 1. The van der Waals surface area contributed by atoms with Crippen LogP contribution >= 0.6 is 15.9 Å². The summed E-state index contributed by atoms with van der Waals surface area (Å²) in [6.07, 6.45) is 5.59. The summed E-state index contributed by atoms with van der Waals surface area (Å²) < 4.78 is 6.32. The maximum atomic E-state index is 12.5. The highest BCUT2D eigenvalue weighted by Crippen LogP contribution is 2.29. The summed E-state index contributed by atoms with van der Waals surface area (Å²) in [5, 5.41) is 4.03. The van der Waals surface area contributed by atoms with E-state index in [0.717, 1.165) is 29.5 Å². The van der Waals surface area contributed by atoms with Gasteiger partial charge in [-0.1, -0.05) is 0 Å². The van der Waals surface area contributed by atoms with Crippen LogP contribution in [0.5, 0.6) is 0 Å². The first kappa shape index (κ1) is 13.3. The molecule has 0 saturated carbocycles. The van der Waals surface area contributed by atoms with Crippen LogP contribution in [0.1, 0.15) is 23.3 Å². The van der Waals surface area contributed by atoms with E-state index in [4.69, 9.17) is 4.42 Å². The average molecular weight is 350 g/mol. The fourth-order valence-corrected chi connectivity index (χ4v) is 3.86. The van der Waals surface area contributed by atoms with Crippen LogP contribution < -0.4 is 5.32 Å². The topological polar surface area (TPSA) is 58.4 Å². The normalized spacial score (nSPS) is 28.0. The molecular weight excluding hydrogens is 334 g/mol. The lowest BCUT2D eigenvalue weighted by atomic mass is 9.84. The Bertz CT molecular complexity index is 691. The van der Waals surface area contributed by atoms with E-state index < -0.39 is 0 Å². The van der Waals surface area contributed by atoms with E-state index in [1.54, 1.807) is 12.5 Å². The van der Waals surface area contributed by atoms with Crippen molar-refractivity contribution in [2.24, 2.45) is 5.92 Å². The molecule has 5 heterocycles. The van der Waals surface area contributed by atoms with Crippen molar-refractivity contribution in [1.82, 2.24) is 15.2 Å². The van der Waals surface area contributed by atoms with Gasteiger partial charge in [0.2, 0.25) is 0 Å². The monoisotopic (exact) mass is 349 g/mol. The maximum absolute atomic E-state index is 12.5. The van der Waals surface area contributed by atoms with Crippen LogP contribution in [0.25, 0.3) is 11.0 Å². The molecule has 3 fully saturated rings. The third-order valence-corrected chi connectivity index (χ3v) is 5.24. The molecule has 2 bridgehead atoms. The standard InChI is InChI=1S/C15H16BrN3O2/c16-11-8-21-14-10(11)1-4-17-13(14)15(20)18-12-7-19-5-2-9(12)3-6-19/h1,4,8-9,12H,2-3,5-7H2,(H,18,20)/t12-/m1/s1. The third-order valence-electron chi connectivity index (χ3n) is 4.63. The van der Waals surface area contributed by atoms with Gasteiger partial charge in [0, 0.05) is 24.2 Å². The Hall–Kier alpha value is -1.40. The van der Waals surface area contributed by atoms with E-state index in [2.05, 4.69) is 31.1 Å². The van der Waals surface area contributed by atoms with Gasteiger partial charge in [0.05, 0.1) is 4.47 Å². The zero-order valence-electron chi connectivity index (χ0n) is 11.5. The number of hydrogen-bond donors (Lipinski definition) is 1. The van der Waals surface area contributed by atoms with Gasteiger partial charge in [-0.2, -0.15) is 0 Å². The van der Waals surface area contributed by atoms with Crippen LogP contribution in [-0.2, 0) is 0 Å². The molecule has 1 amide bonds. The number of fused-ring (bicyclic) bond motifs is 4. The van der Waals surface area contributed by atoms with Crippen molar-refractivity contribution in [3.05, 3.63) is 28.7 Å². The first-order valence-electron chi connectivity index (χ1n) is 7.27. The minimum absolute atomic E-state index is 0.138. The number of rotatable bonds is 2. The summed E-state index contributed by atoms with van der Waals surface area (Å²) >= 11 is 3.42. The molecule has 5 rings (SSSR count). The van der Waals surface area contributed by atoms with Crippen LogP contribution in [0, 0.1) is 5.92 Å². The van der Waals surface area contributed by atoms with E-state index in [0.29, 0.717) is 17.2 Å². The number of carbonyl (C=O) groups excluding carboxylic acids is 1. The van der Waals surface area contributed by atoms with E-state index in [1.807, 2.05) is 6.07 Å². The van der Waals surface area contributed by atoms with E-state index >= 15 is 0 Å². The Morgan fingerprint density at radius 3 is 2.95 bits per heavy atom.